The first-order chi connectivity index (χ1) is 13.9. The van der Waals surface area contributed by atoms with Crippen molar-refractivity contribution in [2.45, 2.75) is 13.1 Å². The summed E-state index contributed by atoms with van der Waals surface area (Å²) >= 11 is 11.8. The van der Waals surface area contributed by atoms with Crippen LogP contribution in [0.15, 0.2) is 59.1 Å². The minimum absolute atomic E-state index is 0.115. The van der Waals surface area contributed by atoms with Gasteiger partial charge in [-0.3, -0.25) is 0 Å². The van der Waals surface area contributed by atoms with Crippen LogP contribution in [-0.4, -0.2) is 14.2 Å². The normalized spacial score (nSPS) is 10.7. The fourth-order valence-electron chi connectivity index (χ4n) is 2.92. The van der Waals surface area contributed by atoms with Gasteiger partial charge in [0.05, 0.1) is 24.9 Å². The second kappa shape index (κ2) is 10.00. The first-order valence-electron chi connectivity index (χ1n) is 8.76. The molecule has 0 aliphatic heterocycles. The molecule has 0 bridgehead atoms. The molecule has 0 saturated carbocycles. The lowest BCUT2D eigenvalue weighted by Gasteiger charge is -2.27. The number of benzene rings is 3. The van der Waals surface area contributed by atoms with E-state index in [0.29, 0.717) is 22.3 Å². The Kier molecular flexibility index (Phi) is 7.65. The summed E-state index contributed by atoms with van der Waals surface area (Å²) in [5.41, 5.74) is 2.50. The van der Waals surface area contributed by atoms with Crippen LogP contribution in [0.3, 0.4) is 0 Å². The average Bonchev–Trinajstić information content (AvgIpc) is 2.75. The zero-order valence-corrected chi connectivity index (χ0v) is 20.4. The lowest BCUT2D eigenvalue weighted by molar-refractivity contribution is 0.414. The van der Waals surface area contributed by atoms with Gasteiger partial charge in [0.1, 0.15) is 11.5 Å². The van der Waals surface area contributed by atoms with Gasteiger partial charge < -0.3 is 14.4 Å². The molecule has 3 nitrogen and oxygen atoms in total. The minimum Gasteiger partial charge on any atom is -0.497 e. The van der Waals surface area contributed by atoms with Crippen LogP contribution in [-0.2, 0) is 13.1 Å². The molecule has 0 atom stereocenters. The number of ether oxygens (including phenoxy) is 2. The second-order valence-corrected chi connectivity index (χ2v) is 8.68. The first kappa shape index (κ1) is 22.2. The lowest BCUT2D eigenvalue weighted by Crippen LogP contribution is -2.23. The highest BCUT2D eigenvalue weighted by Gasteiger charge is 2.20. The van der Waals surface area contributed by atoms with Gasteiger partial charge in [-0.25, -0.2) is 4.39 Å². The van der Waals surface area contributed by atoms with Crippen molar-refractivity contribution in [3.05, 3.63) is 84.6 Å². The largest absolute Gasteiger partial charge is 0.497 e. The quantitative estimate of drug-likeness (QED) is 0.167. The van der Waals surface area contributed by atoms with Crippen molar-refractivity contribution in [3.63, 3.8) is 0 Å². The molecule has 0 N–H and O–H groups in total. The van der Waals surface area contributed by atoms with Crippen molar-refractivity contribution in [2.75, 3.05) is 19.1 Å². The van der Waals surface area contributed by atoms with E-state index in [9.17, 15) is 0 Å². The Labute approximate surface area is 197 Å². The molecule has 0 aromatic heterocycles. The summed E-state index contributed by atoms with van der Waals surface area (Å²) < 4.78 is 27.0. The maximum Gasteiger partial charge on any atom is 0.166 e. The van der Waals surface area contributed by atoms with Gasteiger partial charge in [-0.05, 0) is 80.0 Å². The van der Waals surface area contributed by atoms with E-state index in [-0.39, 0.29) is 5.02 Å². The zero-order chi connectivity index (χ0) is 21.0. The number of methoxy groups -OCH3 is 2. The number of hydrogen-bond acceptors (Lipinski definition) is 3. The molecule has 29 heavy (non-hydrogen) atoms. The number of hydrogen-bond donors (Lipinski definition) is 0. The number of rotatable bonds is 7. The third-order valence-electron chi connectivity index (χ3n) is 4.49. The van der Waals surface area contributed by atoms with Crippen LogP contribution in [0.2, 0.25) is 5.02 Å². The van der Waals surface area contributed by atoms with Crippen molar-refractivity contribution in [1.82, 2.24) is 0 Å². The van der Waals surface area contributed by atoms with Crippen molar-refractivity contribution < 1.29 is 13.9 Å². The summed E-state index contributed by atoms with van der Waals surface area (Å²) in [7, 11) is 3.26. The molecular weight excluding hydrogens is 572 g/mol. The summed E-state index contributed by atoms with van der Waals surface area (Å²) in [4.78, 5) is 1.96. The zero-order valence-electron chi connectivity index (χ0n) is 15.9. The summed E-state index contributed by atoms with van der Waals surface area (Å²) in [5, 5.41) is 0.115. The summed E-state index contributed by atoms with van der Waals surface area (Å²) in [6, 6.07) is 17.3. The molecule has 3 rings (SSSR count). The molecule has 3 aromatic carbocycles. The van der Waals surface area contributed by atoms with E-state index < -0.39 is 5.82 Å². The topological polar surface area (TPSA) is 21.7 Å². The van der Waals surface area contributed by atoms with E-state index in [0.717, 1.165) is 27.1 Å². The molecule has 152 valence electrons. The maximum absolute atomic E-state index is 15.1. The first-order valence-corrected chi connectivity index (χ1v) is 11.0. The fraction of sp³-hybridized carbons (Fsp3) is 0.182. The Morgan fingerprint density at radius 3 is 1.79 bits per heavy atom. The number of anilines is 1. The SMILES string of the molecule is COc1ccc(CN(Cc2ccc(OC)cc2)c2cc(Br)c(I)c(Cl)c2F)cc1. The number of nitrogens with zero attached hydrogens (tertiary/aromatic N) is 1. The molecule has 0 spiro atoms. The molecule has 0 fully saturated rings. The van der Waals surface area contributed by atoms with Crippen LogP contribution in [0.1, 0.15) is 11.1 Å². The average molecular weight is 591 g/mol. The summed E-state index contributed by atoms with van der Waals surface area (Å²) in [6.07, 6.45) is 0. The third-order valence-corrected chi connectivity index (χ3v) is 7.65. The van der Waals surface area contributed by atoms with Crippen molar-refractivity contribution in [3.8, 4) is 11.5 Å². The predicted molar refractivity (Wildman–Crippen MR) is 128 cm³/mol. The number of halogens is 4. The molecule has 0 amide bonds. The molecule has 0 aliphatic rings. The molecule has 0 radical (unpaired) electrons. The van der Waals surface area contributed by atoms with Gasteiger partial charge in [0.15, 0.2) is 5.82 Å². The Balaban J connectivity index is 1.98. The standard InChI is InChI=1S/C22H19BrClFINO2/c1-28-16-7-3-14(4-8-16)12-27(13-15-5-9-17(29-2)10-6-15)19-11-18(23)22(26)20(24)21(19)25/h3-11H,12-13H2,1-2H3. The predicted octanol–water partition coefficient (Wildman–Crippen LogP) is 7.07. The van der Waals surface area contributed by atoms with Gasteiger partial charge in [0.2, 0.25) is 0 Å². The Bertz CT molecular complexity index is 934. The van der Waals surface area contributed by atoms with Crippen LogP contribution in [0.25, 0.3) is 0 Å². The highest BCUT2D eigenvalue weighted by atomic mass is 127. The van der Waals surface area contributed by atoms with Crippen LogP contribution in [0, 0.1) is 9.39 Å². The Hall–Kier alpha value is -1.51. The molecule has 0 heterocycles. The van der Waals surface area contributed by atoms with E-state index >= 15 is 4.39 Å². The van der Waals surface area contributed by atoms with Crippen LogP contribution in [0.4, 0.5) is 10.1 Å². The Morgan fingerprint density at radius 1 is 0.931 bits per heavy atom. The summed E-state index contributed by atoms with van der Waals surface area (Å²) in [5.74, 6) is 1.13. The van der Waals surface area contributed by atoms with Gasteiger partial charge in [0, 0.05) is 21.1 Å². The van der Waals surface area contributed by atoms with Gasteiger partial charge >= 0.3 is 0 Å². The molecule has 0 saturated heterocycles. The molecule has 3 aromatic rings. The fourth-order valence-corrected chi connectivity index (χ4v) is 4.04. The monoisotopic (exact) mass is 589 g/mol. The maximum atomic E-state index is 15.1. The smallest absolute Gasteiger partial charge is 0.166 e. The van der Waals surface area contributed by atoms with E-state index in [2.05, 4.69) is 15.9 Å². The van der Waals surface area contributed by atoms with Crippen LogP contribution >= 0.6 is 50.1 Å². The Morgan fingerprint density at radius 2 is 1.38 bits per heavy atom. The van der Waals surface area contributed by atoms with E-state index in [1.165, 1.54) is 0 Å². The van der Waals surface area contributed by atoms with Crippen molar-refractivity contribution in [2.24, 2.45) is 0 Å². The molecular formula is C22H19BrClFINO2. The van der Waals surface area contributed by atoms with Crippen molar-refractivity contribution in [1.29, 1.82) is 0 Å². The highest BCUT2D eigenvalue weighted by Crippen LogP contribution is 2.37. The van der Waals surface area contributed by atoms with E-state index in [4.69, 9.17) is 21.1 Å². The van der Waals surface area contributed by atoms with E-state index in [1.807, 2.05) is 76.0 Å². The van der Waals surface area contributed by atoms with Crippen LogP contribution < -0.4 is 14.4 Å². The van der Waals surface area contributed by atoms with Gasteiger partial charge in [0.25, 0.3) is 0 Å². The van der Waals surface area contributed by atoms with Gasteiger partial charge in [-0.15, -0.1) is 0 Å². The second-order valence-electron chi connectivity index (χ2n) is 6.37. The van der Waals surface area contributed by atoms with Gasteiger partial charge in [-0.1, -0.05) is 35.9 Å². The lowest BCUT2D eigenvalue weighted by atomic mass is 10.1. The van der Waals surface area contributed by atoms with Crippen molar-refractivity contribution >= 4 is 55.8 Å². The third kappa shape index (κ3) is 5.35. The van der Waals surface area contributed by atoms with Crippen LogP contribution in [0.5, 0.6) is 11.5 Å². The molecule has 7 heteroatoms. The van der Waals surface area contributed by atoms with E-state index in [1.54, 1.807) is 20.3 Å². The van der Waals surface area contributed by atoms with Gasteiger partial charge in [-0.2, -0.15) is 0 Å². The summed E-state index contributed by atoms with van der Waals surface area (Å²) in [6.45, 7) is 1.02. The molecule has 0 unspecified atom stereocenters. The molecule has 0 aliphatic carbocycles. The highest BCUT2D eigenvalue weighted by molar-refractivity contribution is 14.1. The minimum atomic E-state index is -0.429.